The van der Waals surface area contributed by atoms with E-state index in [4.69, 9.17) is 9.72 Å². The van der Waals surface area contributed by atoms with Crippen LogP contribution in [0.1, 0.15) is 15.9 Å². The lowest BCUT2D eigenvalue weighted by Crippen LogP contribution is -2.15. The van der Waals surface area contributed by atoms with Gasteiger partial charge in [-0.2, -0.15) is 0 Å². The molecule has 4 aromatic rings. The minimum absolute atomic E-state index is 0.120. The molecular weight excluding hydrogens is 501 g/mol. The first-order valence-corrected chi connectivity index (χ1v) is 11.1. The van der Waals surface area contributed by atoms with E-state index in [0.29, 0.717) is 5.56 Å². The second-order valence-corrected chi connectivity index (χ2v) is 8.68. The quantitative estimate of drug-likeness (QED) is 0.346. The van der Waals surface area contributed by atoms with Crippen LogP contribution in [-0.4, -0.2) is 24.5 Å². The number of halogens is 1. The Morgan fingerprint density at radius 1 is 1.03 bits per heavy atom. The summed E-state index contributed by atoms with van der Waals surface area (Å²) in [6.45, 7) is 0.865. The number of aromatic nitrogens is 1. The van der Waals surface area contributed by atoms with Crippen molar-refractivity contribution in [2.24, 2.45) is 0 Å². The summed E-state index contributed by atoms with van der Waals surface area (Å²) in [7, 11) is 1.66. The summed E-state index contributed by atoms with van der Waals surface area (Å²) in [6, 6.07) is 23.6. The number of amides is 1. The largest absolute Gasteiger partial charge is 0.497 e. The highest BCUT2D eigenvalue weighted by Gasteiger charge is 2.23. The van der Waals surface area contributed by atoms with E-state index in [1.165, 1.54) is 5.56 Å². The summed E-state index contributed by atoms with van der Waals surface area (Å²) >= 11 is 2.24. The van der Waals surface area contributed by atoms with Crippen molar-refractivity contribution in [2.75, 3.05) is 23.9 Å². The maximum Gasteiger partial charge on any atom is 0.255 e. The normalized spacial score (nSPS) is 12.6. The van der Waals surface area contributed by atoms with Gasteiger partial charge >= 0.3 is 0 Å². The van der Waals surface area contributed by atoms with Gasteiger partial charge in [0.25, 0.3) is 5.91 Å². The number of hydrogen-bond acceptors (Lipinski definition) is 4. The van der Waals surface area contributed by atoms with Crippen molar-refractivity contribution in [3.05, 3.63) is 87.5 Å². The maximum atomic E-state index is 12.6. The van der Waals surface area contributed by atoms with Crippen LogP contribution < -0.4 is 15.0 Å². The van der Waals surface area contributed by atoms with Crippen molar-refractivity contribution in [1.82, 2.24) is 4.98 Å². The number of nitrogens with one attached hydrogen (secondary N) is 1. The molecule has 3 aromatic carbocycles. The zero-order chi connectivity index (χ0) is 21.4. The van der Waals surface area contributed by atoms with Gasteiger partial charge in [0, 0.05) is 38.5 Å². The number of ether oxygens (including phenoxy) is 1. The van der Waals surface area contributed by atoms with E-state index in [0.717, 1.165) is 50.4 Å². The van der Waals surface area contributed by atoms with Gasteiger partial charge in [0.1, 0.15) is 11.6 Å². The third-order valence-electron chi connectivity index (χ3n) is 5.48. The molecule has 0 spiro atoms. The maximum absolute atomic E-state index is 12.6. The number of carbonyl (C=O) groups excluding carboxylic acids is 1. The van der Waals surface area contributed by atoms with Gasteiger partial charge in [-0.05, 0) is 101 Å². The molecule has 0 fully saturated rings. The summed E-state index contributed by atoms with van der Waals surface area (Å²) in [5.41, 5.74) is 4.59. The van der Waals surface area contributed by atoms with Crippen LogP contribution >= 0.6 is 22.6 Å². The van der Waals surface area contributed by atoms with Crippen LogP contribution in [0.15, 0.2) is 72.8 Å². The predicted molar refractivity (Wildman–Crippen MR) is 133 cm³/mol. The summed E-state index contributed by atoms with van der Waals surface area (Å²) in [6.07, 6.45) is 0.944. The van der Waals surface area contributed by atoms with Gasteiger partial charge in [-0.25, -0.2) is 4.98 Å². The lowest BCUT2D eigenvalue weighted by Gasteiger charge is -2.19. The van der Waals surface area contributed by atoms with Crippen molar-refractivity contribution in [2.45, 2.75) is 6.42 Å². The van der Waals surface area contributed by atoms with Crippen molar-refractivity contribution >= 4 is 56.6 Å². The highest BCUT2D eigenvalue weighted by atomic mass is 127. The fourth-order valence-corrected chi connectivity index (χ4v) is 4.20. The summed E-state index contributed by atoms with van der Waals surface area (Å²) in [5, 5.41) is 4.06. The molecule has 2 heterocycles. The first-order chi connectivity index (χ1) is 15.1. The van der Waals surface area contributed by atoms with E-state index in [2.05, 4.69) is 38.9 Å². The van der Waals surface area contributed by atoms with Crippen molar-refractivity contribution in [1.29, 1.82) is 0 Å². The van der Waals surface area contributed by atoms with E-state index in [9.17, 15) is 4.79 Å². The second kappa shape index (κ2) is 8.19. The molecule has 1 amide bonds. The average Bonchev–Trinajstić information content (AvgIpc) is 3.21. The van der Waals surface area contributed by atoms with E-state index < -0.39 is 0 Å². The molecule has 5 nitrogen and oxygen atoms in total. The van der Waals surface area contributed by atoms with Gasteiger partial charge in [0.05, 0.1) is 12.6 Å². The molecule has 1 aromatic heterocycles. The molecule has 154 valence electrons. The number of fused-ring (bicyclic) bond motifs is 2. The first kappa shape index (κ1) is 19.8. The van der Waals surface area contributed by atoms with E-state index >= 15 is 0 Å². The molecule has 1 N–H and O–H groups in total. The summed E-state index contributed by atoms with van der Waals surface area (Å²) in [5.74, 6) is 1.65. The molecule has 0 saturated carbocycles. The van der Waals surface area contributed by atoms with Crippen LogP contribution in [0.5, 0.6) is 5.75 Å². The van der Waals surface area contributed by atoms with Gasteiger partial charge in [0.15, 0.2) is 0 Å². The van der Waals surface area contributed by atoms with E-state index in [-0.39, 0.29) is 5.91 Å². The Hall–Kier alpha value is -3.13. The number of hydrogen-bond donors (Lipinski definition) is 1. The van der Waals surface area contributed by atoms with Crippen molar-refractivity contribution in [3.8, 4) is 5.75 Å². The third-order valence-corrected chi connectivity index (χ3v) is 6.20. The Bertz CT molecular complexity index is 1270. The molecule has 0 saturated heterocycles. The molecule has 0 atom stereocenters. The Labute approximate surface area is 194 Å². The number of rotatable bonds is 4. The highest BCUT2D eigenvalue weighted by molar-refractivity contribution is 14.1. The molecule has 0 radical (unpaired) electrons. The second-order valence-electron chi connectivity index (χ2n) is 7.44. The average molecular weight is 521 g/mol. The van der Waals surface area contributed by atoms with Gasteiger partial charge in [-0.15, -0.1) is 0 Å². The Kier molecular flexibility index (Phi) is 5.23. The monoisotopic (exact) mass is 521 g/mol. The zero-order valence-corrected chi connectivity index (χ0v) is 19.1. The number of pyridine rings is 1. The van der Waals surface area contributed by atoms with Crippen LogP contribution in [0.25, 0.3) is 10.9 Å². The fourth-order valence-electron chi connectivity index (χ4n) is 3.84. The van der Waals surface area contributed by atoms with Crippen LogP contribution in [0.3, 0.4) is 0 Å². The van der Waals surface area contributed by atoms with Crippen LogP contribution in [0.4, 0.5) is 17.2 Å². The molecule has 31 heavy (non-hydrogen) atoms. The first-order valence-electron chi connectivity index (χ1n) is 10.0. The molecule has 0 unspecified atom stereocenters. The van der Waals surface area contributed by atoms with Gasteiger partial charge in [0.2, 0.25) is 0 Å². The number of carbonyl (C=O) groups is 1. The summed E-state index contributed by atoms with van der Waals surface area (Å²) < 4.78 is 6.48. The smallest absolute Gasteiger partial charge is 0.255 e. The SMILES string of the molecule is COc1ccc2cc3c(nc2c1)N(c1ccc(C(=O)Nc2ccc(I)cc2)cc1)CC3. The number of anilines is 3. The Balaban J connectivity index is 1.39. The zero-order valence-electron chi connectivity index (χ0n) is 16.9. The van der Waals surface area contributed by atoms with E-state index in [1.54, 1.807) is 7.11 Å². The van der Waals surface area contributed by atoms with Crippen molar-refractivity contribution < 1.29 is 9.53 Å². The topological polar surface area (TPSA) is 54.5 Å². The van der Waals surface area contributed by atoms with Gasteiger partial charge < -0.3 is 15.0 Å². The lowest BCUT2D eigenvalue weighted by atomic mass is 10.1. The number of nitrogens with zero attached hydrogens (tertiary/aromatic N) is 2. The third kappa shape index (κ3) is 3.95. The fraction of sp³-hybridized carbons (Fsp3) is 0.120. The van der Waals surface area contributed by atoms with Gasteiger partial charge in [-0.3, -0.25) is 4.79 Å². The van der Waals surface area contributed by atoms with Gasteiger partial charge in [-0.1, -0.05) is 0 Å². The Morgan fingerprint density at radius 2 is 1.81 bits per heavy atom. The molecule has 6 heteroatoms. The number of methoxy groups -OCH3 is 1. The van der Waals surface area contributed by atoms with Crippen LogP contribution in [0.2, 0.25) is 0 Å². The van der Waals surface area contributed by atoms with Crippen LogP contribution in [0, 0.1) is 3.57 Å². The standard InChI is InChI=1S/C25H20IN3O2/c1-31-22-11-4-17-14-18-12-13-29(24(18)28-23(17)15-22)21-9-2-16(3-10-21)25(30)27-20-7-5-19(26)6-8-20/h2-11,14-15H,12-13H2,1H3,(H,27,30). The molecule has 0 bridgehead atoms. The minimum atomic E-state index is -0.120. The Morgan fingerprint density at radius 3 is 2.55 bits per heavy atom. The highest BCUT2D eigenvalue weighted by Crippen LogP contribution is 2.35. The minimum Gasteiger partial charge on any atom is -0.497 e. The predicted octanol–water partition coefficient (Wildman–Crippen LogP) is 5.79. The summed E-state index contributed by atoms with van der Waals surface area (Å²) in [4.78, 5) is 19.7. The van der Waals surface area contributed by atoms with E-state index in [1.807, 2.05) is 66.7 Å². The molecule has 1 aliphatic rings. The number of benzene rings is 3. The molecule has 0 aliphatic carbocycles. The molecule has 1 aliphatic heterocycles. The van der Waals surface area contributed by atoms with Crippen molar-refractivity contribution in [3.63, 3.8) is 0 Å². The van der Waals surface area contributed by atoms with Crippen LogP contribution in [-0.2, 0) is 6.42 Å². The molecular formula is C25H20IN3O2. The lowest BCUT2D eigenvalue weighted by molar-refractivity contribution is 0.102. The molecule has 5 rings (SSSR count).